The maximum absolute atomic E-state index is 13.1. The lowest BCUT2D eigenvalue weighted by Gasteiger charge is -2.25. The first-order valence-corrected chi connectivity index (χ1v) is 13.4. The summed E-state index contributed by atoms with van der Waals surface area (Å²) in [5.74, 6) is -2.04. The summed E-state index contributed by atoms with van der Waals surface area (Å²) < 4.78 is 5.88. The van der Waals surface area contributed by atoms with E-state index in [1.54, 1.807) is 50.5 Å². The van der Waals surface area contributed by atoms with E-state index in [4.69, 9.17) is 4.74 Å². The van der Waals surface area contributed by atoms with Gasteiger partial charge in [-0.25, -0.2) is 0 Å². The average Bonchev–Trinajstić information content (AvgIpc) is 3.46. The molecule has 6 N–H and O–H groups in total. The van der Waals surface area contributed by atoms with Gasteiger partial charge in [-0.05, 0) is 60.7 Å². The summed E-state index contributed by atoms with van der Waals surface area (Å²) in [6, 6.07) is 8.26. The normalized spacial score (nSPS) is 19.8. The number of hydrogen-bond acceptors (Lipinski definition) is 7. The second-order valence-electron chi connectivity index (χ2n) is 10.3. The lowest BCUT2D eigenvalue weighted by atomic mass is 10.0. The SMILES string of the molecule is CC(C)[C@@H]1NC(=O)c2cc(ccc2O)Oc2ccc(cc2)C[C@@H](C(=O)NCCc2cn[nH]c2)NC(=O)[C@H](C)NC1=O. The molecule has 12 heteroatoms. The zero-order valence-electron chi connectivity index (χ0n) is 23.1. The molecule has 0 unspecified atom stereocenters. The fourth-order valence-corrected chi connectivity index (χ4v) is 4.32. The number of H-pyrrole nitrogens is 1. The van der Waals surface area contributed by atoms with Crippen LogP contribution in [0.2, 0.25) is 0 Å². The van der Waals surface area contributed by atoms with Crippen LogP contribution in [0.1, 0.15) is 42.3 Å². The zero-order chi connectivity index (χ0) is 29.5. The number of phenolic OH excluding ortho intramolecular Hbond substituents is 1. The first-order chi connectivity index (χ1) is 19.6. The summed E-state index contributed by atoms with van der Waals surface area (Å²) in [5.41, 5.74) is 1.63. The molecule has 1 aromatic heterocycles. The average molecular weight is 563 g/mol. The van der Waals surface area contributed by atoms with Crippen molar-refractivity contribution in [2.45, 2.75) is 51.7 Å². The van der Waals surface area contributed by atoms with Gasteiger partial charge in [0.2, 0.25) is 17.7 Å². The Morgan fingerprint density at radius 3 is 2.46 bits per heavy atom. The highest BCUT2D eigenvalue weighted by Crippen LogP contribution is 2.28. The molecule has 3 atom stereocenters. The van der Waals surface area contributed by atoms with E-state index in [9.17, 15) is 24.3 Å². The van der Waals surface area contributed by atoms with Crippen molar-refractivity contribution in [2.75, 3.05) is 6.54 Å². The first-order valence-electron chi connectivity index (χ1n) is 13.4. The molecular formula is C29H34N6O6. The molecule has 5 rings (SSSR count). The van der Waals surface area contributed by atoms with E-state index in [0.717, 1.165) is 11.1 Å². The molecule has 0 spiro atoms. The van der Waals surface area contributed by atoms with E-state index in [1.165, 1.54) is 25.1 Å². The van der Waals surface area contributed by atoms with Crippen LogP contribution in [0.3, 0.4) is 0 Å². The van der Waals surface area contributed by atoms with Crippen molar-refractivity contribution in [1.82, 2.24) is 31.5 Å². The van der Waals surface area contributed by atoms with Crippen LogP contribution in [0.25, 0.3) is 0 Å². The lowest BCUT2D eigenvalue weighted by molar-refractivity contribution is -0.132. The number of rotatable bonds is 5. The quantitative estimate of drug-likeness (QED) is 0.256. The van der Waals surface area contributed by atoms with Crippen LogP contribution in [0.15, 0.2) is 54.9 Å². The summed E-state index contributed by atoms with van der Waals surface area (Å²) in [7, 11) is 0. The molecule has 3 aromatic rings. The molecule has 0 saturated carbocycles. The monoisotopic (exact) mass is 562 g/mol. The number of ether oxygens (including phenoxy) is 1. The molecule has 41 heavy (non-hydrogen) atoms. The number of benzene rings is 2. The van der Waals surface area contributed by atoms with Gasteiger partial charge in [0.05, 0.1) is 11.8 Å². The van der Waals surface area contributed by atoms with Gasteiger partial charge in [0, 0.05) is 19.2 Å². The Morgan fingerprint density at radius 2 is 1.78 bits per heavy atom. The van der Waals surface area contributed by atoms with Crippen molar-refractivity contribution >= 4 is 23.6 Å². The van der Waals surface area contributed by atoms with Gasteiger partial charge in [0.1, 0.15) is 35.4 Å². The minimum absolute atomic E-state index is 0.0638. The van der Waals surface area contributed by atoms with Gasteiger partial charge in [-0.2, -0.15) is 5.10 Å². The van der Waals surface area contributed by atoms with Crippen LogP contribution in [-0.2, 0) is 27.2 Å². The Labute approximate surface area is 237 Å². The summed E-state index contributed by atoms with van der Waals surface area (Å²) >= 11 is 0. The first kappa shape index (κ1) is 29.1. The minimum Gasteiger partial charge on any atom is -0.507 e. The van der Waals surface area contributed by atoms with Crippen LogP contribution in [0, 0.1) is 5.92 Å². The third-order valence-electron chi connectivity index (χ3n) is 6.70. The van der Waals surface area contributed by atoms with Gasteiger partial charge in [-0.1, -0.05) is 26.0 Å². The van der Waals surface area contributed by atoms with Crippen molar-refractivity contribution in [2.24, 2.45) is 5.92 Å². The molecule has 0 saturated heterocycles. The van der Waals surface area contributed by atoms with Crippen LogP contribution < -0.4 is 26.0 Å². The van der Waals surface area contributed by atoms with E-state index in [1.807, 2.05) is 0 Å². The van der Waals surface area contributed by atoms with Crippen LogP contribution in [-0.4, -0.2) is 63.6 Å². The van der Waals surface area contributed by atoms with Gasteiger partial charge < -0.3 is 31.1 Å². The van der Waals surface area contributed by atoms with E-state index in [2.05, 4.69) is 31.5 Å². The Morgan fingerprint density at radius 1 is 1.05 bits per heavy atom. The third kappa shape index (κ3) is 7.62. The number of aromatic amines is 1. The van der Waals surface area contributed by atoms with Crippen molar-refractivity contribution in [3.8, 4) is 17.2 Å². The van der Waals surface area contributed by atoms with E-state index >= 15 is 0 Å². The second kappa shape index (κ2) is 13.0. The maximum atomic E-state index is 13.1. The number of nitrogens with zero attached hydrogens (tertiary/aromatic N) is 1. The molecule has 2 aliphatic rings. The number of amides is 4. The van der Waals surface area contributed by atoms with Crippen LogP contribution in [0.4, 0.5) is 0 Å². The van der Waals surface area contributed by atoms with Crippen molar-refractivity contribution < 1.29 is 29.0 Å². The summed E-state index contributed by atoms with van der Waals surface area (Å²) in [6.07, 6.45) is 4.16. The highest BCUT2D eigenvalue weighted by atomic mass is 16.5. The number of aromatic nitrogens is 2. The van der Waals surface area contributed by atoms with Gasteiger partial charge in [-0.3, -0.25) is 24.3 Å². The molecule has 0 radical (unpaired) electrons. The van der Waals surface area contributed by atoms with E-state index in [0.29, 0.717) is 24.5 Å². The summed E-state index contributed by atoms with van der Waals surface area (Å²) in [5, 5.41) is 27.8. The topological polar surface area (TPSA) is 175 Å². The molecule has 2 aromatic carbocycles. The Kier molecular flexibility index (Phi) is 9.23. The second-order valence-corrected chi connectivity index (χ2v) is 10.3. The van der Waals surface area contributed by atoms with Gasteiger partial charge in [0.15, 0.2) is 0 Å². The number of carbonyl (C=O) groups is 4. The molecule has 0 fully saturated rings. The van der Waals surface area contributed by atoms with Crippen molar-refractivity contribution in [3.05, 3.63) is 71.5 Å². The third-order valence-corrected chi connectivity index (χ3v) is 6.70. The zero-order valence-corrected chi connectivity index (χ0v) is 23.1. The summed E-state index contributed by atoms with van der Waals surface area (Å²) in [4.78, 5) is 52.5. The molecule has 0 aliphatic carbocycles. The number of aromatic hydroxyl groups is 1. The minimum atomic E-state index is -1.01. The van der Waals surface area contributed by atoms with Crippen LogP contribution >= 0.6 is 0 Å². The Balaban J connectivity index is 1.61. The molecule has 2 aliphatic heterocycles. The highest BCUT2D eigenvalue weighted by molar-refractivity contribution is 6.00. The molecule has 3 heterocycles. The molecule has 4 bridgehead atoms. The van der Waals surface area contributed by atoms with Crippen molar-refractivity contribution in [3.63, 3.8) is 0 Å². The van der Waals surface area contributed by atoms with E-state index < -0.39 is 35.8 Å². The standard InChI is InChI=1S/C29H34N6O6/c1-16(2)25-29(40)33-17(3)26(37)34-23(28(39)30-11-10-19-14-31-32-15-19)12-18-4-6-20(7-5-18)41-21-8-9-24(36)22(13-21)27(38)35-25/h4-9,13-17,23,25,36H,10-12H2,1-3H3,(H,30,39)(H,31,32)(H,33,40)(H,34,37)(H,35,38)/t17-,23-,25-/m0/s1. The number of hydrogen-bond donors (Lipinski definition) is 6. The van der Waals surface area contributed by atoms with Gasteiger partial charge in [0.25, 0.3) is 5.91 Å². The number of phenols is 1. The predicted molar refractivity (Wildman–Crippen MR) is 149 cm³/mol. The Bertz CT molecular complexity index is 1390. The van der Waals surface area contributed by atoms with Crippen LogP contribution in [0.5, 0.6) is 17.2 Å². The predicted octanol–water partition coefficient (Wildman–Crippen LogP) is 1.57. The molecular weight excluding hydrogens is 528 g/mol. The van der Waals surface area contributed by atoms with Crippen molar-refractivity contribution in [1.29, 1.82) is 0 Å². The number of fused-ring (bicyclic) bond motifs is 11. The van der Waals surface area contributed by atoms with Gasteiger partial charge >= 0.3 is 0 Å². The Hall–Kier alpha value is -4.87. The van der Waals surface area contributed by atoms with E-state index in [-0.39, 0.29) is 29.6 Å². The number of nitrogens with one attached hydrogen (secondary N) is 5. The molecule has 12 nitrogen and oxygen atoms in total. The highest BCUT2D eigenvalue weighted by Gasteiger charge is 2.30. The largest absolute Gasteiger partial charge is 0.507 e. The number of carbonyl (C=O) groups excluding carboxylic acids is 4. The maximum Gasteiger partial charge on any atom is 0.255 e. The summed E-state index contributed by atoms with van der Waals surface area (Å²) in [6.45, 7) is 5.33. The molecule has 4 amide bonds. The fraction of sp³-hybridized carbons (Fsp3) is 0.345. The molecule has 216 valence electrons. The smallest absolute Gasteiger partial charge is 0.255 e. The lowest BCUT2D eigenvalue weighted by Crippen LogP contribution is -2.57. The fourth-order valence-electron chi connectivity index (χ4n) is 4.32. The van der Waals surface area contributed by atoms with Gasteiger partial charge in [-0.15, -0.1) is 0 Å².